The zero-order chi connectivity index (χ0) is 20.4. The highest BCUT2D eigenvalue weighted by Gasteiger charge is 2.19. The van der Waals surface area contributed by atoms with Crippen molar-refractivity contribution in [1.82, 2.24) is 15.1 Å². The highest BCUT2D eigenvalue weighted by atomic mass is 35.5. The fourth-order valence-electron chi connectivity index (χ4n) is 2.70. The Morgan fingerprint density at radius 3 is 2.54 bits per heavy atom. The van der Waals surface area contributed by atoms with Crippen LogP contribution in [0.1, 0.15) is 34.7 Å². The third-order valence-electron chi connectivity index (χ3n) is 4.19. The van der Waals surface area contributed by atoms with Gasteiger partial charge in [0.15, 0.2) is 17.3 Å². The summed E-state index contributed by atoms with van der Waals surface area (Å²) in [6, 6.07) is 10.8. The van der Waals surface area contributed by atoms with Crippen LogP contribution >= 0.6 is 11.6 Å². The number of amides is 1. The molecule has 0 bridgehead atoms. The van der Waals surface area contributed by atoms with Crippen molar-refractivity contribution in [2.24, 2.45) is 0 Å². The van der Waals surface area contributed by atoms with Crippen molar-refractivity contribution in [3.8, 4) is 5.69 Å². The topological polar surface area (TPSA) is 64.0 Å². The molecule has 3 aromatic rings. The summed E-state index contributed by atoms with van der Waals surface area (Å²) in [6.45, 7) is 3.26. The summed E-state index contributed by atoms with van der Waals surface area (Å²) >= 11 is 6.19. The number of hydrogen-bond acceptors (Lipinski definition) is 3. The van der Waals surface area contributed by atoms with E-state index in [9.17, 15) is 18.4 Å². The molecule has 0 spiro atoms. The number of aryl methyl sites for hydroxylation is 1. The van der Waals surface area contributed by atoms with Crippen LogP contribution in [0.25, 0.3) is 5.69 Å². The number of halogens is 3. The molecule has 0 fully saturated rings. The number of benzene rings is 2. The van der Waals surface area contributed by atoms with Crippen molar-refractivity contribution >= 4 is 17.5 Å². The summed E-state index contributed by atoms with van der Waals surface area (Å²) in [6.07, 6.45) is 0. The molecule has 0 aliphatic rings. The maximum Gasteiger partial charge on any atom is 0.276 e. The Kier molecular flexibility index (Phi) is 5.56. The van der Waals surface area contributed by atoms with Gasteiger partial charge in [0.25, 0.3) is 5.91 Å². The van der Waals surface area contributed by atoms with Gasteiger partial charge in [-0.15, -0.1) is 0 Å². The molecular formula is C20H16ClF2N3O2. The SMILES string of the molecule is Cc1cc(=O)c(C(=O)NC(C)c2ccc(F)c(F)c2)nn1-c1ccccc1Cl. The molecule has 0 radical (unpaired) electrons. The second-order valence-electron chi connectivity index (χ2n) is 6.23. The van der Waals surface area contributed by atoms with Crippen molar-refractivity contribution in [3.05, 3.63) is 92.4 Å². The average Bonchev–Trinajstić information content (AvgIpc) is 2.64. The largest absolute Gasteiger partial charge is 0.344 e. The van der Waals surface area contributed by atoms with Gasteiger partial charge >= 0.3 is 0 Å². The fraction of sp³-hybridized carbons (Fsp3) is 0.150. The summed E-state index contributed by atoms with van der Waals surface area (Å²) < 4.78 is 27.9. The molecule has 3 rings (SSSR count). The molecule has 1 heterocycles. The van der Waals surface area contributed by atoms with Gasteiger partial charge in [0.05, 0.1) is 16.8 Å². The monoisotopic (exact) mass is 403 g/mol. The van der Waals surface area contributed by atoms with E-state index in [-0.39, 0.29) is 5.69 Å². The molecule has 0 saturated heterocycles. The van der Waals surface area contributed by atoms with Crippen molar-refractivity contribution in [1.29, 1.82) is 0 Å². The van der Waals surface area contributed by atoms with Gasteiger partial charge in [-0.3, -0.25) is 9.59 Å². The normalized spacial score (nSPS) is 11.9. The van der Waals surface area contributed by atoms with Crippen LogP contribution < -0.4 is 10.7 Å². The third-order valence-corrected chi connectivity index (χ3v) is 4.51. The molecule has 5 nitrogen and oxygen atoms in total. The quantitative estimate of drug-likeness (QED) is 0.717. The lowest BCUT2D eigenvalue weighted by molar-refractivity contribution is 0.0931. The zero-order valence-electron chi connectivity index (χ0n) is 15.0. The van der Waals surface area contributed by atoms with Gasteiger partial charge in [-0.05, 0) is 43.7 Å². The van der Waals surface area contributed by atoms with E-state index in [1.165, 1.54) is 16.8 Å². The lowest BCUT2D eigenvalue weighted by Crippen LogP contribution is -2.33. The number of para-hydroxylation sites is 1. The van der Waals surface area contributed by atoms with E-state index in [0.717, 1.165) is 12.1 Å². The van der Waals surface area contributed by atoms with Crippen LogP contribution in [-0.4, -0.2) is 15.7 Å². The standard InChI is InChI=1S/C20H16ClF2N3O2/c1-11-9-18(27)19(25-26(11)17-6-4-3-5-14(17)21)20(28)24-12(2)13-7-8-15(22)16(23)10-13/h3-10,12H,1-2H3,(H,24,28). The maximum atomic E-state index is 13.4. The van der Waals surface area contributed by atoms with E-state index in [1.54, 1.807) is 38.1 Å². The second-order valence-corrected chi connectivity index (χ2v) is 6.64. The van der Waals surface area contributed by atoms with E-state index in [2.05, 4.69) is 10.4 Å². The molecular weight excluding hydrogens is 388 g/mol. The number of carbonyl (C=O) groups excluding carboxylic acids is 1. The summed E-state index contributed by atoms with van der Waals surface area (Å²) in [5.74, 6) is -2.73. The van der Waals surface area contributed by atoms with Crippen LogP contribution in [0.4, 0.5) is 8.78 Å². The molecule has 1 unspecified atom stereocenters. The van der Waals surface area contributed by atoms with Crippen LogP contribution in [0.3, 0.4) is 0 Å². The Labute approximate surface area is 164 Å². The molecule has 1 aromatic heterocycles. The van der Waals surface area contributed by atoms with Crippen molar-refractivity contribution in [3.63, 3.8) is 0 Å². The van der Waals surface area contributed by atoms with Gasteiger partial charge in [0, 0.05) is 11.8 Å². The van der Waals surface area contributed by atoms with Crippen LogP contribution in [0.5, 0.6) is 0 Å². The molecule has 1 N–H and O–H groups in total. The number of rotatable bonds is 4. The number of nitrogens with one attached hydrogen (secondary N) is 1. The number of nitrogens with zero attached hydrogens (tertiary/aromatic N) is 2. The summed E-state index contributed by atoms with van der Waals surface area (Å²) in [7, 11) is 0. The predicted octanol–water partition coefficient (Wildman–Crippen LogP) is 3.96. The minimum Gasteiger partial charge on any atom is -0.344 e. The molecule has 8 heteroatoms. The molecule has 1 amide bonds. The average molecular weight is 404 g/mol. The van der Waals surface area contributed by atoms with Gasteiger partial charge < -0.3 is 5.32 Å². The van der Waals surface area contributed by atoms with Gasteiger partial charge in [0.1, 0.15) is 0 Å². The van der Waals surface area contributed by atoms with E-state index < -0.39 is 29.0 Å². The van der Waals surface area contributed by atoms with Gasteiger partial charge in [0.2, 0.25) is 5.43 Å². The number of carbonyl (C=O) groups is 1. The predicted molar refractivity (Wildman–Crippen MR) is 102 cm³/mol. The summed E-state index contributed by atoms with van der Waals surface area (Å²) in [5, 5.41) is 7.14. The molecule has 0 aliphatic carbocycles. The van der Waals surface area contributed by atoms with E-state index in [1.807, 2.05) is 0 Å². The van der Waals surface area contributed by atoms with Gasteiger partial charge in [-0.1, -0.05) is 29.8 Å². The van der Waals surface area contributed by atoms with Crippen LogP contribution in [0.15, 0.2) is 53.3 Å². The van der Waals surface area contributed by atoms with Crippen molar-refractivity contribution in [2.75, 3.05) is 0 Å². The lowest BCUT2D eigenvalue weighted by Gasteiger charge is -2.16. The van der Waals surface area contributed by atoms with Crippen molar-refractivity contribution in [2.45, 2.75) is 19.9 Å². The Morgan fingerprint density at radius 1 is 1.14 bits per heavy atom. The fourth-order valence-corrected chi connectivity index (χ4v) is 2.92. The Hall–Kier alpha value is -3.06. The molecule has 0 saturated carbocycles. The Morgan fingerprint density at radius 2 is 1.86 bits per heavy atom. The number of hydrogen-bond donors (Lipinski definition) is 1. The first-order valence-electron chi connectivity index (χ1n) is 8.39. The number of aromatic nitrogens is 2. The highest BCUT2D eigenvalue weighted by Crippen LogP contribution is 2.20. The lowest BCUT2D eigenvalue weighted by atomic mass is 10.1. The Bertz CT molecular complexity index is 1110. The minimum absolute atomic E-state index is 0.333. The zero-order valence-corrected chi connectivity index (χ0v) is 15.8. The van der Waals surface area contributed by atoms with Crippen LogP contribution in [0.2, 0.25) is 5.02 Å². The van der Waals surface area contributed by atoms with E-state index >= 15 is 0 Å². The minimum atomic E-state index is -1.02. The van der Waals surface area contributed by atoms with E-state index in [4.69, 9.17) is 11.6 Å². The molecule has 1 atom stereocenters. The van der Waals surface area contributed by atoms with Gasteiger partial charge in [-0.25, -0.2) is 13.5 Å². The Balaban J connectivity index is 1.93. The molecule has 0 aliphatic heterocycles. The smallest absolute Gasteiger partial charge is 0.276 e. The second kappa shape index (κ2) is 7.90. The van der Waals surface area contributed by atoms with Crippen LogP contribution in [-0.2, 0) is 0 Å². The maximum absolute atomic E-state index is 13.4. The van der Waals surface area contributed by atoms with E-state index in [0.29, 0.717) is 22.0 Å². The first-order chi connectivity index (χ1) is 13.3. The molecule has 2 aromatic carbocycles. The molecule has 28 heavy (non-hydrogen) atoms. The first kappa shape index (κ1) is 19.7. The molecule has 144 valence electrons. The highest BCUT2D eigenvalue weighted by molar-refractivity contribution is 6.32. The van der Waals surface area contributed by atoms with Gasteiger partial charge in [-0.2, -0.15) is 5.10 Å². The summed E-state index contributed by atoms with van der Waals surface area (Å²) in [5.41, 5.74) is 0.481. The van der Waals surface area contributed by atoms with Crippen molar-refractivity contribution < 1.29 is 13.6 Å². The third kappa shape index (κ3) is 3.94. The summed E-state index contributed by atoms with van der Waals surface area (Å²) in [4.78, 5) is 24.9. The first-order valence-corrected chi connectivity index (χ1v) is 8.77. The van der Waals surface area contributed by atoms with Crippen LogP contribution in [0, 0.1) is 18.6 Å².